The summed E-state index contributed by atoms with van der Waals surface area (Å²) in [5, 5.41) is 12.3. The van der Waals surface area contributed by atoms with Gasteiger partial charge in [-0.3, -0.25) is 4.79 Å². The van der Waals surface area contributed by atoms with Crippen LogP contribution in [0.2, 0.25) is 0 Å². The molecule has 1 rings (SSSR count). The van der Waals surface area contributed by atoms with Gasteiger partial charge in [0, 0.05) is 26.1 Å². The van der Waals surface area contributed by atoms with Gasteiger partial charge in [-0.15, -0.1) is 0 Å². The topological polar surface area (TPSA) is 52.6 Å². The van der Waals surface area contributed by atoms with Gasteiger partial charge < -0.3 is 15.3 Å². The van der Waals surface area contributed by atoms with Crippen molar-refractivity contribution >= 4 is 5.91 Å². The highest BCUT2D eigenvalue weighted by atomic mass is 16.3. The zero-order valence-electron chi connectivity index (χ0n) is 8.12. The Hall–Kier alpha value is -0.610. The van der Waals surface area contributed by atoms with E-state index in [9.17, 15) is 9.90 Å². The summed E-state index contributed by atoms with van der Waals surface area (Å²) in [4.78, 5) is 13.2. The number of carbonyl (C=O) groups is 1. The monoisotopic (exact) mass is 186 g/mol. The summed E-state index contributed by atoms with van der Waals surface area (Å²) < 4.78 is 0. The maximum Gasteiger partial charge on any atom is 0.223 e. The third-order valence-corrected chi connectivity index (χ3v) is 2.28. The predicted octanol–water partition coefficient (Wildman–Crippen LogP) is -0.421. The molecule has 0 aromatic heterocycles. The van der Waals surface area contributed by atoms with Crippen molar-refractivity contribution in [3.05, 3.63) is 0 Å². The van der Waals surface area contributed by atoms with Crippen LogP contribution >= 0.6 is 0 Å². The van der Waals surface area contributed by atoms with Crippen molar-refractivity contribution in [3.8, 4) is 0 Å². The molecule has 13 heavy (non-hydrogen) atoms. The van der Waals surface area contributed by atoms with Crippen LogP contribution in [0.4, 0.5) is 0 Å². The van der Waals surface area contributed by atoms with Gasteiger partial charge in [-0.2, -0.15) is 0 Å². The number of aliphatic hydroxyl groups excluding tert-OH is 1. The van der Waals surface area contributed by atoms with Crippen LogP contribution in [-0.2, 0) is 4.79 Å². The molecule has 1 fully saturated rings. The van der Waals surface area contributed by atoms with Crippen LogP contribution < -0.4 is 5.32 Å². The van der Waals surface area contributed by atoms with Crippen LogP contribution in [0.5, 0.6) is 0 Å². The van der Waals surface area contributed by atoms with E-state index in [0.29, 0.717) is 19.5 Å². The normalized spacial score (nSPS) is 22.3. The third-order valence-electron chi connectivity index (χ3n) is 2.28. The Balaban J connectivity index is 2.16. The van der Waals surface area contributed by atoms with Crippen LogP contribution in [0.1, 0.15) is 19.8 Å². The number of hydrogen-bond donors (Lipinski definition) is 2. The van der Waals surface area contributed by atoms with Crippen molar-refractivity contribution < 1.29 is 9.90 Å². The first-order valence-electron chi connectivity index (χ1n) is 4.90. The molecule has 0 saturated carbocycles. The number of likely N-dealkylation sites (tertiary alicyclic amines) is 1. The number of nitrogens with one attached hydrogen (secondary N) is 1. The minimum atomic E-state index is -0.303. The lowest BCUT2D eigenvalue weighted by Crippen LogP contribution is -2.32. The van der Waals surface area contributed by atoms with E-state index in [2.05, 4.69) is 5.32 Å². The minimum absolute atomic E-state index is 0.150. The van der Waals surface area contributed by atoms with Crippen molar-refractivity contribution in [2.75, 3.05) is 26.2 Å². The van der Waals surface area contributed by atoms with Gasteiger partial charge >= 0.3 is 0 Å². The first-order chi connectivity index (χ1) is 6.24. The predicted molar refractivity (Wildman–Crippen MR) is 50.4 cm³/mol. The number of aliphatic hydroxyl groups is 1. The molecule has 4 heteroatoms. The zero-order valence-corrected chi connectivity index (χ0v) is 8.12. The summed E-state index contributed by atoms with van der Waals surface area (Å²) in [5.74, 6) is 0.150. The average Bonchev–Trinajstić information content (AvgIpc) is 2.52. The van der Waals surface area contributed by atoms with Gasteiger partial charge in [-0.25, -0.2) is 0 Å². The molecular formula is C9H18N2O2. The van der Waals surface area contributed by atoms with Crippen LogP contribution in [0.3, 0.4) is 0 Å². The first-order valence-corrected chi connectivity index (χ1v) is 4.90. The lowest BCUT2D eigenvalue weighted by Gasteiger charge is -2.15. The maximum absolute atomic E-state index is 11.4. The lowest BCUT2D eigenvalue weighted by molar-refractivity contribution is -0.130. The van der Waals surface area contributed by atoms with Gasteiger partial charge in [-0.05, 0) is 13.0 Å². The second-order valence-electron chi connectivity index (χ2n) is 3.39. The SMILES string of the molecule is CCNCCC(=O)N1CC[C@@H](O)C1. The Bertz CT molecular complexity index is 173. The number of amides is 1. The highest BCUT2D eigenvalue weighted by Crippen LogP contribution is 2.09. The quantitative estimate of drug-likeness (QED) is 0.586. The average molecular weight is 186 g/mol. The summed E-state index contributed by atoms with van der Waals surface area (Å²) in [5.41, 5.74) is 0. The molecule has 1 aliphatic heterocycles. The molecule has 1 heterocycles. The molecule has 0 aromatic rings. The Morgan fingerprint density at radius 3 is 3.00 bits per heavy atom. The van der Waals surface area contributed by atoms with E-state index >= 15 is 0 Å². The smallest absolute Gasteiger partial charge is 0.223 e. The molecule has 0 radical (unpaired) electrons. The molecule has 1 saturated heterocycles. The molecule has 0 aliphatic carbocycles. The fourth-order valence-corrected chi connectivity index (χ4v) is 1.50. The Kier molecular flexibility index (Phi) is 4.18. The largest absolute Gasteiger partial charge is 0.391 e. The Morgan fingerprint density at radius 2 is 2.46 bits per heavy atom. The second-order valence-corrected chi connectivity index (χ2v) is 3.39. The van der Waals surface area contributed by atoms with Crippen LogP contribution in [0.15, 0.2) is 0 Å². The molecule has 2 N–H and O–H groups in total. The molecule has 1 atom stereocenters. The van der Waals surface area contributed by atoms with Crippen LogP contribution in [-0.4, -0.2) is 48.2 Å². The van der Waals surface area contributed by atoms with E-state index in [-0.39, 0.29) is 12.0 Å². The van der Waals surface area contributed by atoms with Gasteiger partial charge in [0.25, 0.3) is 0 Å². The summed E-state index contributed by atoms with van der Waals surface area (Å²) in [6, 6.07) is 0. The summed E-state index contributed by atoms with van der Waals surface area (Å²) in [6.45, 7) is 4.89. The van der Waals surface area contributed by atoms with E-state index in [1.807, 2.05) is 6.92 Å². The fourth-order valence-electron chi connectivity index (χ4n) is 1.50. The summed E-state index contributed by atoms with van der Waals surface area (Å²) in [7, 11) is 0. The van der Waals surface area contributed by atoms with E-state index in [1.165, 1.54) is 0 Å². The first kappa shape index (κ1) is 10.5. The molecule has 0 spiro atoms. The zero-order chi connectivity index (χ0) is 9.68. The molecule has 1 aliphatic rings. The van der Waals surface area contributed by atoms with Crippen molar-refractivity contribution in [3.63, 3.8) is 0 Å². The van der Waals surface area contributed by atoms with E-state index in [0.717, 1.165) is 19.5 Å². The molecular weight excluding hydrogens is 168 g/mol. The second kappa shape index (κ2) is 5.19. The summed E-state index contributed by atoms with van der Waals surface area (Å²) in [6.07, 6.45) is 0.969. The molecule has 0 aromatic carbocycles. The van der Waals surface area contributed by atoms with Gasteiger partial charge in [-0.1, -0.05) is 6.92 Å². The van der Waals surface area contributed by atoms with E-state index in [1.54, 1.807) is 4.90 Å². The van der Waals surface area contributed by atoms with E-state index < -0.39 is 0 Å². The van der Waals surface area contributed by atoms with Gasteiger partial charge in [0.2, 0.25) is 5.91 Å². The van der Waals surface area contributed by atoms with Crippen LogP contribution in [0, 0.1) is 0 Å². The highest BCUT2D eigenvalue weighted by molar-refractivity contribution is 5.76. The molecule has 4 nitrogen and oxygen atoms in total. The molecule has 0 unspecified atom stereocenters. The van der Waals surface area contributed by atoms with Crippen molar-refractivity contribution in [1.82, 2.24) is 10.2 Å². The number of carbonyl (C=O) groups excluding carboxylic acids is 1. The Labute approximate surface area is 78.9 Å². The maximum atomic E-state index is 11.4. The molecule has 76 valence electrons. The Morgan fingerprint density at radius 1 is 1.69 bits per heavy atom. The van der Waals surface area contributed by atoms with Crippen molar-refractivity contribution in [2.24, 2.45) is 0 Å². The fraction of sp³-hybridized carbons (Fsp3) is 0.889. The standard InChI is InChI=1S/C9H18N2O2/c1-2-10-5-3-9(13)11-6-4-8(12)7-11/h8,10,12H,2-7H2,1H3/t8-/m1/s1. The number of nitrogens with zero attached hydrogens (tertiary/aromatic N) is 1. The lowest BCUT2D eigenvalue weighted by atomic mass is 10.3. The van der Waals surface area contributed by atoms with Crippen LogP contribution in [0.25, 0.3) is 0 Å². The van der Waals surface area contributed by atoms with Gasteiger partial charge in [0.05, 0.1) is 6.10 Å². The molecule has 0 bridgehead atoms. The minimum Gasteiger partial charge on any atom is -0.391 e. The number of hydrogen-bond acceptors (Lipinski definition) is 3. The molecule has 1 amide bonds. The number of rotatable bonds is 4. The highest BCUT2D eigenvalue weighted by Gasteiger charge is 2.23. The third kappa shape index (κ3) is 3.32. The van der Waals surface area contributed by atoms with E-state index in [4.69, 9.17) is 0 Å². The van der Waals surface area contributed by atoms with Crippen molar-refractivity contribution in [2.45, 2.75) is 25.9 Å². The number of β-amino-alcohol motifs (C(OH)–C–C–N with tert-alkyl or cyclic N) is 1. The summed E-state index contributed by atoms with van der Waals surface area (Å²) >= 11 is 0. The van der Waals surface area contributed by atoms with Crippen molar-refractivity contribution in [1.29, 1.82) is 0 Å². The van der Waals surface area contributed by atoms with Gasteiger partial charge in [0.15, 0.2) is 0 Å². The van der Waals surface area contributed by atoms with Gasteiger partial charge in [0.1, 0.15) is 0 Å².